The highest BCUT2D eigenvalue weighted by molar-refractivity contribution is 7.09. The number of nitrogens with zero attached hydrogens (tertiary/aromatic N) is 2. The third-order valence-corrected chi connectivity index (χ3v) is 4.91. The summed E-state index contributed by atoms with van der Waals surface area (Å²) in [6.45, 7) is 7.02. The molecule has 5 heteroatoms. The van der Waals surface area contributed by atoms with Gasteiger partial charge in [0.25, 0.3) is 0 Å². The van der Waals surface area contributed by atoms with Gasteiger partial charge in [-0.3, -0.25) is 0 Å². The molecule has 0 bridgehead atoms. The summed E-state index contributed by atoms with van der Waals surface area (Å²) in [5.41, 5.74) is 11.1. The molecule has 23 heavy (non-hydrogen) atoms. The Labute approximate surface area is 141 Å². The van der Waals surface area contributed by atoms with E-state index in [4.69, 9.17) is 5.73 Å². The first-order valence-corrected chi connectivity index (χ1v) is 8.93. The van der Waals surface area contributed by atoms with E-state index in [0.29, 0.717) is 12.5 Å². The molecule has 0 radical (unpaired) electrons. The predicted molar refractivity (Wildman–Crippen MR) is 98.2 cm³/mol. The van der Waals surface area contributed by atoms with Gasteiger partial charge in [0.15, 0.2) is 5.96 Å². The topological polar surface area (TPSA) is 63.3 Å². The number of anilines is 1. The fourth-order valence-electron chi connectivity index (χ4n) is 2.72. The van der Waals surface area contributed by atoms with Gasteiger partial charge in [-0.25, -0.2) is 9.98 Å². The molecule has 0 amide bonds. The number of hydrogen-bond acceptors (Lipinski definition) is 3. The zero-order valence-electron chi connectivity index (χ0n) is 14.0. The number of thiazole rings is 1. The monoisotopic (exact) mass is 328 g/mol. The summed E-state index contributed by atoms with van der Waals surface area (Å²) in [7, 11) is 0. The van der Waals surface area contributed by atoms with Crippen LogP contribution in [0.15, 0.2) is 28.6 Å². The number of aromatic nitrogens is 1. The van der Waals surface area contributed by atoms with Crippen molar-refractivity contribution in [2.45, 2.75) is 52.0 Å². The number of rotatable bonds is 3. The van der Waals surface area contributed by atoms with E-state index in [-0.39, 0.29) is 5.41 Å². The highest BCUT2D eigenvalue weighted by Crippen LogP contribution is 2.25. The Morgan fingerprint density at radius 3 is 2.83 bits per heavy atom. The van der Waals surface area contributed by atoms with Gasteiger partial charge >= 0.3 is 0 Å². The number of aryl methyl sites for hydroxylation is 2. The van der Waals surface area contributed by atoms with Gasteiger partial charge < -0.3 is 11.1 Å². The van der Waals surface area contributed by atoms with Crippen molar-refractivity contribution in [1.29, 1.82) is 0 Å². The third kappa shape index (κ3) is 3.91. The van der Waals surface area contributed by atoms with E-state index in [1.54, 1.807) is 11.3 Å². The minimum Gasteiger partial charge on any atom is -0.370 e. The number of aliphatic imine (C=N–C) groups is 1. The quantitative estimate of drug-likeness (QED) is 0.664. The number of benzene rings is 1. The van der Waals surface area contributed by atoms with Gasteiger partial charge in [-0.1, -0.05) is 26.8 Å². The maximum absolute atomic E-state index is 6.01. The van der Waals surface area contributed by atoms with Crippen LogP contribution in [0.25, 0.3) is 0 Å². The van der Waals surface area contributed by atoms with Crippen molar-refractivity contribution < 1.29 is 0 Å². The van der Waals surface area contributed by atoms with Gasteiger partial charge in [0.1, 0.15) is 5.01 Å². The molecule has 0 fully saturated rings. The minimum absolute atomic E-state index is 0.0761. The maximum Gasteiger partial charge on any atom is 0.193 e. The second kappa shape index (κ2) is 6.32. The Hall–Kier alpha value is -1.88. The van der Waals surface area contributed by atoms with Crippen LogP contribution in [-0.4, -0.2) is 10.9 Å². The van der Waals surface area contributed by atoms with Crippen LogP contribution in [0.2, 0.25) is 0 Å². The number of hydrogen-bond donors (Lipinski definition) is 2. The SMILES string of the molecule is CC(C)(C)c1csc(CN=C(N)Nc2ccc3c(c2)CCC3)n1. The zero-order chi connectivity index (χ0) is 16.4. The lowest BCUT2D eigenvalue weighted by Gasteiger charge is -2.14. The molecule has 1 aromatic carbocycles. The van der Waals surface area contributed by atoms with Crippen LogP contribution in [0.5, 0.6) is 0 Å². The molecular weight excluding hydrogens is 304 g/mol. The van der Waals surface area contributed by atoms with Crippen LogP contribution >= 0.6 is 11.3 Å². The Balaban J connectivity index is 1.63. The molecule has 1 aliphatic rings. The van der Waals surface area contributed by atoms with Gasteiger partial charge in [-0.2, -0.15) is 0 Å². The van der Waals surface area contributed by atoms with Crippen LogP contribution in [0.4, 0.5) is 5.69 Å². The highest BCUT2D eigenvalue weighted by atomic mass is 32.1. The highest BCUT2D eigenvalue weighted by Gasteiger charge is 2.17. The molecule has 1 aliphatic carbocycles. The average Bonchev–Trinajstić information content (AvgIpc) is 3.13. The van der Waals surface area contributed by atoms with Crippen molar-refractivity contribution >= 4 is 23.0 Å². The molecule has 0 aliphatic heterocycles. The van der Waals surface area contributed by atoms with E-state index >= 15 is 0 Å². The first-order valence-electron chi connectivity index (χ1n) is 8.05. The molecule has 0 spiro atoms. The van der Waals surface area contributed by atoms with E-state index in [9.17, 15) is 0 Å². The van der Waals surface area contributed by atoms with Crippen LogP contribution in [0.1, 0.15) is 49.0 Å². The number of guanidine groups is 1. The molecule has 4 nitrogen and oxygen atoms in total. The zero-order valence-corrected chi connectivity index (χ0v) is 14.8. The van der Waals surface area contributed by atoms with E-state index < -0.39 is 0 Å². The molecule has 122 valence electrons. The Bertz CT molecular complexity index is 725. The van der Waals surface area contributed by atoms with E-state index in [1.165, 1.54) is 24.0 Å². The summed E-state index contributed by atoms with van der Waals surface area (Å²) in [6, 6.07) is 6.45. The van der Waals surface area contributed by atoms with Crippen molar-refractivity contribution in [3.63, 3.8) is 0 Å². The molecule has 1 aromatic heterocycles. The van der Waals surface area contributed by atoms with E-state index in [0.717, 1.165) is 22.8 Å². The van der Waals surface area contributed by atoms with Gasteiger partial charge in [-0.05, 0) is 42.5 Å². The maximum atomic E-state index is 6.01. The van der Waals surface area contributed by atoms with E-state index in [2.05, 4.69) is 59.6 Å². The fraction of sp³-hybridized carbons (Fsp3) is 0.444. The second-order valence-electron chi connectivity index (χ2n) is 7.04. The molecule has 0 saturated heterocycles. The summed E-state index contributed by atoms with van der Waals surface area (Å²) >= 11 is 1.64. The Morgan fingerprint density at radius 2 is 2.09 bits per heavy atom. The molecule has 3 N–H and O–H groups in total. The lowest BCUT2D eigenvalue weighted by atomic mass is 9.93. The number of fused-ring (bicyclic) bond motifs is 1. The third-order valence-electron chi connectivity index (χ3n) is 4.08. The van der Waals surface area contributed by atoms with Crippen molar-refractivity contribution in [1.82, 2.24) is 4.98 Å². The van der Waals surface area contributed by atoms with Crippen molar-refractivity contribution in [3.8, 4) is 0 Å². The summed E-state index contributed by atoms with van der Waals surface area (Å²) < 4.78 is 0. The lowest BCUT2D eigenvalue weighted by molar-refractivity contribution is 0.571. The minimum atomic E-state index is 0.0761. The van der Waals surface area contributed by atoms with Crippen LogP contribution in [-0.2, 0) is 24.8 Å². The molecule has 1 heterocycles. The molecule has 0 atom stereocenters. The van der Waals surface area contributed by atoms with Crippen molar-refractivity contribution in [2.24, 2.45) is 10.7 Å². The van der Waals surface area contributed by atoms with Gasteiger partial charge in [0, 0.05) is 16.5 Å². The van der Waals surface area contributed by atoms with Crippen molar-refractivity contribution in [3.05, 3.63) is 45.4 Å². The van der Waals surface area contributed by atoms with Gasteiger partial charge in [-0.15, -0.1) is 11.3 Å². The molecular formula is C18H24N4S. The normalized spacial score (nSPS) is 14.8. The second-order valence-corrected chi connectivity index (χ2v) is 7.98. The first-order chi connectivity index (χ1) is 10.9. The smallest absolute Gasteiger partial charge is 0.193 e. The number of nitrogens with two attached hydrogens (primary N) is 1. The molecule has 0 unspecified atom stereocenters. The summed E-state index contributed by atoms with van der Waals surface area (Å²) in [6.07, 6.45) is 3.61. The summed E-state index contributed by atoms with van der Waals surface area (Å²) in [5, 5.41) is 6.28. The fourth-order valence-corrected chi connectivity index (χ4v) is 3.66. The standard InChI is InChI=1S/C18H24N4S/c1-18(2,3)15-11-23-16(22-15)10-20-17(19)21-14-8-7-12-5-4-6-13(12)9-14/h7-9,11H,4-6,10H2,1-3H3,(H3,19,20,21). The van der Waals surface area contributed by atoms with Gasteiger partial charge in [0.05, 0.1) is 12.2 Å². The van der Waals surface area contributed by atoms with Crippen LogP contribution in [0, 0.1) is 0 Å². The number of nitrogens with one attached hydrogen (secondary N) is 1. The Kier molecular flexibility index (Phi) is 4.39. The Morgan fingerprint density at radius 1 is 1.30 bits per heavy atom. The summed E-state index contributed by atoms with van der Waals surface area (Å²) in [4.78, 5) is 9.05. The summed E-state index contributed by atoms with van der Waals surface area (Å²) in [5.74, 6) is 0.440. The van der Waals surface area contributed by atoms with E-state index in [1.807, 2.05) is 0 Å². The molecule has 0 saturated carbocycles. The van der Waals surface area contributed by atoms with Gasteiger partial charge in [0.2, 0.25) is 0 Å². The predicted octanol–water partition coefficient (Wildman–Crippen LogP) is 3.86. The average molecular weight is 328 g/mol. The largest absolute Gasteiger partial charge is 0.370 e. The molecule has 3 rings (SSSR count). The molecule has 2 aromatic rings. The van der Waals surface area contributed by atoms with Crippen LogP contribution < -0.4 is 11.1 Å². The first kappa shape index (κ1) is 16.0. The lowest BCUT2D eigenvalue weighted by Crippen LogP contribution is -2.22. The van der Waals surface area contributed by atoms with Crippen molar-refractivity contribution in [2.75, 3.05) is 5.32 Å². The van der Waals surface area contributed by atoms with Crippen LogP contribution in [0.3, 0.4) is 0 Å².